The van der Waals surface area contributed by atoms with Crippen LogP contribution in [0.1, 0.15) is 70.2 Å². The Morgan fingerprint density at radius 1 is 0.375 bits per heavy atom. The molecule has 0 amide bonds. The van der Waals surface area contributed by atoms with Crippen LogP contribution in [0.5, 0.6) is 0 Å². The molecule has 0 heterocycles. The zero-order chi connectivity index (χ0) is 15.9. The SMILES string of the molecule is c1c2cc3c4c1CCCc1cc(cc(c1CCC4)CCC3)CCC2. The van der Waals surface area contributed by atoms with Crippen molar-refractivity contribution in [2.75, 3.05) is 0 Å². The van der Waals surface area contributed by atoms with Gasteiger partial charge in [0.15, 0.2) is 0 Å². The summed E-state index contributed by atoms with van der Waals surface area (Å²) < 4.78 is 0. The van der Waals surface area contributed by atoms with Gasteiger partial charge in [0.1, 0.15) is 0 Å². The average molecular weight is 316 g/mol. The van der Waals surface area contributed by atoms with Gasteiger partial charge in [0.05, 0.1) is 0 Å². The van der Waals surface area contributed by atoms with E-state index in [9.17, 15) is 0 Å². The first-order chi connectivity index (χ1) is 11.9. The molecule has 0 spiro atoms. The van der Waals surface area contributed by atoms with Gasteiger partial charge in [-0.15, -0.1) is 0 Å². The monoisotopic (exact) mass is 316 g/mol. The molecule has 0 N–H and O–H groups in total. The first-order valence-electron chi connectivity index (χ1n) is 10.1. The van der Waals surface area contributed by atoms with Crippen LogP contribution in [0.4, 0.5) is 0 Å². The first-order valence-corrected chi connectivity index (χ1v) is 10.1. The minimum Gasteiger partial charge on any atom is -0.0555 e. The number of aryl methyl sites for hydroxylation is 6. The van der Waals surface area contributed by atoms with Crippen LogP contribution in [0.25, 0.3) is 0 Å². The van der Waals surface area contributed by atoms with Gasteiger partial charge in [-0.3, -0.25) is 0 Å². The Kier molecular flexibility index (Phi) is 3.73. The molecule has 4 aliphatic rings. The van der Waals surface area contributed by atoms with Crippen molar-refractivity contribution in [3.63, 3.8) is 0 Å². The van der Waals surface area contributed by atoms with Gasteiger partial charge in [0, 0.05) is 0 Å². The van der Waals surface area contributed by atoms with E-state index < -0.39 is 0 Å². The number of hydrogen-bond donors (Lipinski definition) is 0. The van der Waals surface area contributed by atoms with Crippen molar-refractivity contribution in [1.82, 2.24) is 0 Å². The molecule has 6 rings (SSSR count). The van der Waals surface area contributed by atoms with Crippen LogP contribution in [-0.2, 0) is 51.4 Å². The van der Waals surface area contributed by atoms with Crippen molar-refractivity contribution in [2.24, 2.45) is 0 Å². The Labute approximate surface area is 146 Å². The average Bonchev–Trinajstić information content (AvgIpc) is 2.58. The van der Waals surface area contributed by atoms with E-state index in [-0.39, 0.29) is 0 Å². The van der Waals surface area contributed by atoms with Gasteiger partial charge in [-0.05, 0) is 122 Å². The highest BCUT2D eigenvalue weighted by atomic mass is 14.2. The lowest BCUT2D eigenvalue weighted by Gasteiger charge is -2.25. The third-order valence-electron chi connectivity index (χ3n) is 6.56. The molecule has 0 aliphatic heterocycles. The van der Waals surface area contributed by atoms with Crippen LogP contribution >= 0.6 is 0 Å². The smallest absolute Gasteiger partial charge is 0.0270 e. The normalized spacial score (nSPS) is 19.3. The van der Waals surface area contributed by atoms with Crippen LogP contribution < -0.4 is 0 Å². The fraction of sp³-hybridized carbons (Fsp3) is 0.500. The number of benzene rings is 2. The van der Waals surface area contributed by atoms with Gasteiger partial charge >= 0.3 is 0 Å². The van der Waals surface area contributed by atoms with Gasteiger partial charge in [0.2, 0.25) is 0 Å². The molecule has 0 heteroatoms. The van der Waals surface area contributed by atoms with Crippen LogP contribution in [-0.4, -0.2) is 0 Å². The Bertz CT molecular complexity index is 665. The van der Waals surface area contributed by atoms with Crippen molar-refractivity contribution in [2.45, 2.75) is 77.0 Å². The van der Waals surface area contributed by atoms with Gasteiger partial charge < -0.3 is 0 Å². The molecule has 0 fully saturated rings. The second-order valence-electron chi connectivity index (χ2n) is 8.20. The fourth-order valence-electron chi connectivity index (χ4n) is 5.44. The van der Waals surface area contributed by atoms with E-state index in [2.05, 4.69) is 24.3 Å². The van der Waals surface area contributed by atoms with Crippen molar-refractivity contribution >= 4 is 0 Å². The van der Waals surface area contributed by atoms with Crippen molar-refractivity contribution in [3.05, 3.63) is 68.8 Å². The van der Waals surface area contributed by atoms with Crippen LogP contribution in [0, 0.1) is 0 Å². The molecular weight excluding hydrogens is 288 g/mol. The third-order valence-corrected chi connectivity index (χ3v) is 6.56. The number of rotatable bonds is 0. The Balaban J connectivity index is 1.76. The van der Waals surface area contributed by atoms with E-state index in [0.717, 1.165) is 0 Å². The summed E-state index contributed by atoms with van der Waals surface area (Å²) in [5, 5.41) is 0. The Morgan fingerprint density at radius 2 is 0.708 bits per heavy atom. The quantitative estimate of drug-likeness (QED) is 0.616. The zero-order valence-corrected chi connectivity index (χ0v) is 14.8. The largest absolute Gasteiger partial charge is 0.0555 e. The summed E-state index contributed by atoms with van der Waals surface area (Å²) >= 11 is 0. The van der Waals surface area contributed by atoms with E-state index >= 15 is 0 Å². The van der Waals surface area contributed by atoms with Crippen LogP contribution in [0.15, 0.2) is 24.3 Å². The molecule has 124 valence electrons. The summed E-state index contributed by atoms with van der Waals surface area (Å²) in [6.07, 6.45) is 15.5. The van der Waals surface area contributed by atoms with E-state index in [1.54, 1.807) is 44.5 Å². The van der Waals surface area contributed by atoms with Crippen molar-refractivity contribution in [1.29, 1.82) is 0 Å². The standard InChI is InChI=1S/C24H28/c1-5-17-13-19-7-2-8-20-14-18(6-1)16-22-10-3-9-21(15-17)23(19)11-4-12-24(20)22/h13-16H,1-12H2. The molecule has 0 saturated heterocycles. The van der Waals surface area contributed by atoms with E-state index in [1.807, 2.05) is 0 Å². The molecule has 0 radical (unpaired) electrons. The molecule has 24 heavy (non-hydrogen) atoms. The van der Waals surface area contributed by atoms with E-state index in [4.69, 9.17) is 0 Å². The van der Waals surface area contributed by atoms with Crippen LogP contribution in [0.3, 0.4) is 0 Å². The lowest BCUT2D eigenvalue weighted by molar-refractivity contribution is 0.694. The highest BCUT2D eigenvalue weighted by Crippen LogP contribution is 2.32. The highest BCUT2D eigenvalue weighted by molar-refractivity contribution is 5.44. The number of hydrogen-bond acceptors (Lipinski definition) is 0. The van der Waals surface area contributed by atoms with E-state index in [1.165, 1.54) is 77.0 Å². The molecule has 2 aromatic carbocycles. The lowest BCUT2D eigenvalue weighted by atomic mass is 9.80. The van der Waals surface area contributed by atoms with Crippen molar-refractivity contribution < 1.29 is 0 Å². The van der Waals surface area contributed by atoms with Gasteiger partial charge in [0.25, 0.3) is 0 Å². The maximum atomic E-state index is 2.58. The summed E-state index contributed by atoms with van der Waals surface area (Å²) in [5.74, 6) is 0. The molecule has 0 nitrogen and oxygen atoms in total. The van der Waals surface area contributed by atoms with Gasteiger partial charge in [-0.1, -0.05) is 24.3 Å². The molecule has 0 aromatic heterocycles. The molecule has 4 aliphatic carbocycles. The summed E-state index contributed by atoms with van der Waals surface area (Å²) in [7, 11) is 0. The van der Waals surface area contributed by atoms with E-state index in [0.29, 0.717) is 0 Å². The van der Waals surface area contributed by atoms with Crippen molar-refractivity contribution in [3.8, 4) is 0 Å². The molecule has 0 unspecified atom stereocenters. The second-order valence-corrected chi connectivity index (χ2v) is 8.20. The summed E-state index contributed by atoms with van der Waals surface area (Å²) in [6.45, 7) is 0. The predicted molar refractivity (Wildman–Crippen MR) is 101 cm³/mol. The Hall–Kier alpha value is -1.56. The highest BCUT2D eigenvalue weighted by Gasteiger charge is 2.19. The molecule has 0 atom stereocenters. The van der Waals surface area contributed by atoms with Gasteiger partial charge in [-0.2, -0.15) is 0 Å². The molecular formula is C24H28. The third kappa shape index (κ3) is 2.61. The fourth-order valence-corrected chi connectivity index (χ4v) is 5.44. The summed E-state index contributed by atoms with van der Waals surface area (Å²) in [5.41, 5.74) is 13.5. The zero-order valence-electron chi connectivity index (χ0n) is 14.8. The second kappa shape index (κ2) is 6.06. The van der Waals surface area contributed by atoms with Crippen LogP contribution in [0.2, 0.25) is 0 Å². The summed E-state index contributed by atoms with van der Waals surface area (Å²) in [6, 6.07) is 10.3. The maximum absolute atomic E-state index is 2.58. The number of fused-ring (bicyclic) bond motifs is 8. The van der Waals surface area contributed by atoms with Gasteiger partial charge in [-0.25, -0.2) is 0 Å². The minimum absolute atomic E-state index is 1.26. The minimum atomic E-state index is 1.26. The summed E-state index contributed by atoms with van der Waals surface area (Å²) in [4.78, 5) is 0. The lowest BCUT2D eigenvalue weighted by Crippen LogP contribution is -2.13. The molecule has 8 bridgehead atoms. The predicted octanol–water partition coefficient (Wildman–Crippen LogP) is 5.33. The first kappa shape index (κ1) is 14.8. The maximum Gasteiger partial charge on any atom is -0.0270 e. The Morgan fingerprint density at radius 3 is 1.12 bits per heavy atom. The molecule has 2 aromatic rings. The topological polar surface area (TPSA) is 0 Å². The molecule has 0 saturated carbocycles.